The molecule has 3 aromatic carbocycles. The van der Waals surface area contributed by atoms with Crippen molar-refractivity contribution in [3.63, 3.8) is 0 Å². The standard InChI is InChI=1S/C22H26NP/c1-18-10-9-15-22(19(18)2)24(17-16-23,20-11-5-3-6-12-20)21-13-7-4-8-14-21/h3-15,24H,16-17,23H2,1-2H3. The second-order valence-corrected chi connectivity index (χ2v) is 10.4. The molecule has 0 aliphatic carbocycles. The molecule has 124 valence electrons. The van der Waals surface area contributed by atoms with Gasteiger partial charge in [-0.3, -0.25) is 0 Å². The van der Waals surface area contributed by atoms with Crippen molar-refractivity contribution in [3.05, 3.63) is 90.0 Å². The number of benzene rings is 3. The van der Waals surface area contributed by atoms with Gasteiger partial charge in [-0.15, -0.1) is 0 Å². The van der Waals surface area contributed by atoms with Gasteiger partial charge < -0.3 is 0 Å². The van der Waals surface area contributed by atoms with Crippen LogP contribution in [0, 0.1) is 13.8 Å². The molecule has 0 aliphatic rings. The van der Waals surface area contributed by atoms with Crippen molar-refractivity contribution in [3.8, 4) is 0 Å². The summed E-state index contributed by atoms with van der Waals surface area (Å²) >= 11 is 0. The first-order chi connectivity index (χ1) is 11.7. The molecule has 0 bridgehead atoms. The van der Waals surface area contributed by atoms with E-state index < -0.39 is 7.26 Å². The normalized spacial score (nSPS) is 12.1. The van der Waals surface area contributed by atoms with E-state index in [0.29, 0.717) is 6.54 Å². The van der Waals surface area contributed by atoms with E-state index in [9.17, 15) is 0 Å². The van der Waals surface area contributed by atoms with E-state index in [0.717, 1.165) is 6.16 Å². The van der Waals surface area contributed by atoms with Crippen LogP contribution in [0.25, 0.3) is 0 Å². The van der Waals surface area contributed by atoms with Crippen LogP contribution in [0.3, 0.4) is 0 Å². The maximum absolute atomic E-state index is 6.15. The van der Waals surface area contributed by atoms with Crippen molar-refractivity contribution >= 4 is 23.2 Å². The van der Waals surface area contributed by atoms with Gasteiger partial charge >= 0.3 is 145 Å². The van der Waals surface area contributed by atoms with Gasteiger partial charge in [0.1, 0.15) is 0 Å². The molecule has 3 aromatic rings. The SMILES string of the molecule is Cc1cccc([PH](CCN)(c2ccccc2)c2ccccc2)c1C. The molecular formula is C22H26NP. The van der Waals surface area contributed by atoms with Gasteiger partial charge in [0.2, 0.25) is 0 Å². The average Bonchev–Trinajstić information content (AvgIpc) is 2.64. The van der Waals surface area contributed by atoms with E-state index in [1.807, 2.05) is 0 Å². The van der Waals surface area contributed by atoms with Crippen LogP contribution in [0.2, 0.25) is 0 Å². The van der Waals surface area contributed by atoms with Crippen molar-refractivity contribution in [2.24, 2.45) is 5.73 Å². The van der Waals surface area contributed by atoms with Crippen molar-refractivity contribution in [1.29, 1.82) is 0 Å². The molecule has 24 heavy (non-hydrogen) atoms. The zero-order valence-corrected chi connectivity index (χ0v) is 15.5. The first kappa shape index (κ1) is 16.9. The zero-order chi connectivity index (χ0) is 17.0. The average molecular weight is 335 g/mol. The summed E-state index contributed by atoms with van der Waals surface area (Å²) in [7, 11) is -2.12. The summed E-state index contributed by atoms with van der Waals surface area (Å²) in [5, 5.41) is 4.37. The van der Waals surface area contributed by atoms with Gasteiger partial charge in [0.05, 0.1) is 0 Å². The molecule has 0 spiro atoms. The fourth-order valence-electron chi connectivity index (χ4n) is 3.78. The molecule has 3 rings (SSSR count). The minimum atomic E-state index is -2.12. The number of rotatable bonds is 5. The molecule has 0 fully saturated rings. The van der Waals surface area contributed by atoms with Crippen LogP contribution in [-0.4, -0.2) is 12.7 Å². The molecule has 0 amide bonds. The van der Waals surface area contributed by atoms with E-state index in [-0.39, 0.29) is 0 Å². The van der Waals surface area contributed by atoms with Gasteiger partial charge in [-0.2, -0.15) is 0 Å². The predicted octanol–water partition coefficient (Wildman–Crippen LogP) is 3.29. The van der Waals surface area contributed by atoms with Gasteiger partial charge in [-0.25, -0.2) is 0 Å². The number of hydrogen-bond donors (Lipinski definition) is 1. The molecule has 1 nitrogen and oxygen atoms in total. The predicted molar refractivity (Wildman–Crippen MR) is 110 cm³/mol. The first-order valence-corrected chi connectivity index (χ1v) is 10.8. The molecule has 0 aromatic heterocycles. The Labute approximate surface area is 145 Å². The fraction of sp³-hybridized carbons (Fsp3) is 0.182. The Kier molecular flexibility index (Phi) is 5.14. The Morgan fingerprint density at radius 3 is 1.75 bits per heavy atom. The summed E-state index contributed by atoms with van der Waals surface area (Å²) < 4.78 is 0. The third-order valence-corrected chi connectivity index (χ3v) is 10.3. The fourth-order valence-corrected chi connectivity index (χ4v) is 8.75. The van der Waals surface area contributed by atoms with Crippen molar-refractivity contribution in [2.45, 2.75) is 13.8 Å². The van der Waals surface area contributed by atoms with Gasteiger partial charge in [0.25, 0.3) is 0 Å². The topological polar surface area (TPSA) is 26.0 Å². The summed E-state index contributed by atoms with van der Waals surface area (Å²) in [6, 6.07) is 28.7. The van der Waals surface area contributed by atoms with Crippen molar-refractivity contribution in [1.82, 2.24) is 0 Å². The van der Waals surface area contributed by atoms with Gasteiger partial charge in [0, 0.05) is 0 Å². The molecule has 2 heteroatoms. The molecular weight excluding hydrogens is 309 g/mol. The van der Waals surface area contributed by atoms with E-state index in [1.54, 1.807) is 0 Å². The van der Waals surface area contributed by atoms with E-state index in [1.165, 1.54) is 27.0 Å². The molecule has 2 N–H and O–H groups in total. The van der Waals surface area contributed by atoms with Gasteiger partial charge in [-0.1, -0.05) is 0 Å². The Bertz CT molecular complexity index is 757. The van der Waals surface area contributed by atoms with Crippen LogP contribution in [0.15, 0.2) is 78.9 Å². The van der Waals surface area contributed by atoms with Crippen LogP contribution in [0.1, 0.15) is 11.1 Å². The van der Waals surface area contributed by atoms with E-state index >= 15 is 0 Å². The van der Waals surface area contributed by atoms with Crippen LogP contribution in [0.5, 0.6) is 0 Å². The molecule has 0 aliphatic heterocycles. The second-order valence-electron chi connectivity index (χ2n) is 6.42. The minimum absolute atomic E-state index is 0.698. The van der Waals surface area contributed by atoms with Crippen LogP contribution in [-0.2, 0) is 0 Å². The summed E-state index contributed by atoms with van der Waals surface area (Å²) in [4.78, 5) is 0. The van der Waals surface area contributed by atoms with Crippen LogP contribution < -0.4 is 21.6 Å². The zero-order valence-electron chi connectivity index (χ0n) is 14.5. The van der Waals surface area contributed by atoms with Gasteiger partial charge in [0.15, 0.2) is 0 Å². The number of nitrogens with two attached hydrogens (primary N) is 1. The third kappa shape index (κ3) is 2.90. The second kappa shape index (κ2) is 7.30. The summed E-state index contributed by atoms with van der Waals surface area (Å²) in [5.74, 6) is 0. The summed E-state index contributed by atoms with van der Waals surface area (Å²) in [5.41, 5.74) is 8.91. The van der Waals surface area contributed by atoms with Crippen molar-refractivity contribution in [2.75, 3.05) is 12.7 Å². The molecule has 0 unspecified atom stereocenters. The molecule has 0 saturated heterocycles. The van der Waals surface area contributed by atoms with Crippen LogP contribution >= 0.6 is 7.26 Å². The third-order valence-electron chi connectivity index (χ3n) is 5.12. The van der Waals surface area contributed by atoms with E-state index in [2.05, 4.69) is 92.7 Å². The monoisotopic (exact) mass is 335 g/mol. The quantitative estimate of drug-likeness (QED) is 0.712. The Balaban J connectivity index is 2.37. The summed E-state index contributed by atoms with van der Waals surface area (Å²) in [6.45, 7) is 5.16. The molecule has 0 radical (unpaired) electrons. The van der Waals surface area contributed by atoms with Crippen molar-refractivity contribution < 1.29 is 0 Å². The molecule has 0 heterocycles. The molecule has 0 atom stereocenters. The van der Waals surface area contributed by atoms with E-state index in [4.69, 9.17) is 5.73 Å². The Hall–Kier alpha value is -1.95. The summed E-state index contributed by atoms with van der Waals surface area (Å²) in [6.07, 6.45) is 1.02. The Morgan fingerprint density at radius 2 is 1.25 bits per heavy atom. The Morgan fingerprint density at radius 1 is 0.708 bits per heavy atom. The maximum atomic E-state index is 6.15. The number of hydrogen-bond acceptors (Lipinski definition) is 1. The molecule has 0 saturated carbocycles. The number of aryl methyl sites for hydroxylation is 1. The van der Waals surface area contributed by atoms with Crippen LogP contribution in [0.4, 0.5) is 0 Å². The van der Waals surface area contributed by atoms with Gasteiger partial charge in [-0.05, 0) is 0 Å². The first-order valence-electron chi connectivity index (χ1n) is 8.58.